The number of carbonyl (C=O) groups excluding carboxylic acids is 1. The summed E-state index contributed by atoms with van der Waals surface area (Å²) in [5.41, 5.74) is 0. The molecular weight excluding hydrogens is 284 g/mol. The number of rotatable bonds is 8. The molecule has 7 heteroatoms. The summed E-state index contributed by atoms with van der Waals surface area (Å²) in [7, 11) is -3.20. The van der Waals surface area contributed by atoms with Crippen LogP contribution in [-0.4, -0.2) is 44.5 Å². The van der Waals surface area contributed by atoms with Crippen molar-refractivity contribution < 1.29 is 13.2 Å². The molecular formula is C12H20N2O3S2. The Labute approximate surface area is 118 Å². The van der Waals surface area contributed by atoms with Gasteiger partial charge in [0.05, 0.1) is 11.1 Å². The second kappa shape index (κ2) is 7.62. The third-order valence-electron chi connectivity index (χ3n) is 2.62. The molecule has 0 saturated carbocycles. The average Bonchev–Trinajstić information content (AvgIpc) is 2.85. The van der Waals surface area contributed by atoms with Crippen LogP contribution in [0.4, 0.5) is 0 Å². The summed E-state index contributed by atoms with van der Waals surface area (Å²) >= 11 is 1.37. The predicted octanol–water partition coefficient (Wildman–Crippen LogP) is 1.54. The Morgan fingerprint density at radius 1 is 1.42 bits per heavy atom. The maximum Gasteiger partial charge on any atom is 0.261 e. The van der Waals surface area contributed by atoms with Gasteiger partial charge in [0.15, 0.2) is 0 Å². The predicted molar refractivity (Wildman–Crippen MR) is 78.0 cm³/mol. The van der Waals surface area contributed by atoms with Gasteiger partial charge in [-0.25, -0.2) is 12.7 Å². The van der Waals surface area contributed by atoms with Gasteiger partial charge in [-0.1, -0.05) is 19.4 Å². The number of carbonyl (C=O) groups is 1. The molecule has 1 rings (SSSR count). The number of hydrogen-bond donors (Lipinski definition) is 1. The Morgan fingerprint density at radius 2 is 2.16 bits per heavy atom. The molecule has 0 bridgehead atoms. The minimum atomic E-state index is -3.20. The van der Waals surface area contributed by atoms with E-state index in [0.717, 1.165) is 12.8 Å². The van der Waals surface area contributed by atoms with Crippen LogP contribution in [0.1, 0.15) is 29.4 Å². The van der Waals surface area contributed by atoms with E-state index in [1.165, 1.54) is 21.9 Å². The van der Waals surface area contributed by atoms with Gasteiger partial charge in [0.25, 0.3) is 5.91 Å². The number of sulfonamides is 1. The first-order valence-electron chi connectivity index (χ1n) is 6.22. The fourth-order valence-corrected chi connectivity index (χ4v) is 3.09. The lowest BCUT2D eigenvalue weighted by Crippen LogP contribution is -2.38. The van der Waals surface area contributed by atoms with E-state index >= 15 is 0 Å². The highest BCUT2D eigenvalue weighted by Gasteiger charge is 2.16. The molecule has 0 unspecified atom stereocenters. The fourth-order valence-electron chi connectivity index (χ4n) is 1.57. The van der Waals surface area contributed by atoms with Gasteiger partial charge in [0.1, 0.15) is 0 Å². The standard InChI is InChI=1S/C12H20N2O3S2/c1-3-4-8-14(19(2,16)17)9-7-13-12(15)11-6-5-10-18-11/h5-6,10H,3-4,7-9H2,1-2H3,(H,13,15). The molecule has 0 atom stereocenters. The van der Waals surface area contributed by atoms with Crippen molar-refractivity contribution in [3.05, 3.63) is 22.4 Å². The van der Waals surface area contributed by atoms with E-state index in [4.69, 9.17) is 0 Å². The molecule has 0 aliphatic heterocycles. The van der Waals surface area contributed by atoms with E-state index < -0.39 is 10.0 Å². The van der Waals surface area contributed by atoms with Gasteiger partial charge in [-0.05, 0) is 17.9 Å². The van der Waals surface area contributed by atoms with Crippen molar-refractivity contribution in [3.8, 4) is 0 Å². The molecule has 1 amide bonds. The maximum absolute atomic E-state index is 11.7. The summed E-state index contributed by atoms with van der Waals surface area (Å²) < 4.78 is 24.5. The quantitative estimate of drug-likeness (QED) is 0.792. The first kappa shape index (κ1) is 16.1. The maximum atomic E-state index is 11.7. The monoisotopic (exact) mass is 304 g/mol. The molecule has 0 spiro atoms. The van der Waals surface area contributed by atoms with Crippen LogP contribution in [0.5, 0.6) is 0 Å². The highest BCUT2D eigenvalue weighted by atomic mass is 32.2. The number of nitrogens with one attached hydrogen (secondary N) is 1. The topological polar surface area (TPSA) is 66.5 Å². The molecule has 19 heavy (non-hydrogen) atoms. The Hall–Kier alpha value is -0.920. The summed E-state index contributed by atoms with van der Waals surface area (Å²) in [5, 5.41) is 4.56. The second-order valence-electron chi connectivity index (χ2n) is 4.25. The van der Waals surface area contributed by atoms with Gasteiger partial charge in [0, 0.05) is 19.6 Å². The highest BCUT2D eigenvalue weighted by molar-refractivity contribution is 7.88. The molecule has 1 N–H and O–H groups in total. The largest absolute Gasteiger partial charge is 0.350 e. The van der Waals surface area contributed by atoms with Crippen LogP contribution in [0.25, 0.3) is 0 Å². The summed E-state index contributed by atoms with van der Waals surface area (Å²) in [6.07, 6.45) is 2.96. The lowest BCUT2D eigenvalue weighted by Gasteiger charge is -2.19. The summed E-state index contributed by atoms with van der Waals surface area (Å²) in [5.74, 6) is -0.154. The van der Waals surface area contributed by atoms with Crippen LogP contribution < -0.4 is 5.32 Å². The van der Waals surface area contributed by atoms with Gasteiger partial charge in [-0.15, -0.1) is 11.3 Å². The zero-order chi connectivity index (χ0) is 14.3. The van der Waals surface area contributed by atoms with Crippen LogP contribution >= 0.6 is 11.3 Å². The van der Waals surface area contributed by atoms with Crippen molar-refractivity contribution >= 4 is 27.3 Å². The van der Waals surface area contributed by atoms with Crippen LogP contribution in [-0.2, 0) is 10.0 Å². The smallest absolute Gasteiger partial charge is 0.261 e. The first-order chi connectivity index (χ1) is 8.95. The molecule has 1 aromatic rings. The normalized spacial score (nSPS) is 11.7. The van der Waals surface area contributed by atoms with Crippen molar-refractivity contribution in [3.63, 3.8) is 0 Å². The molecule has 0 radical (unpaired) electrons. The Balaban J connectivity index is 2.42. The fraction of sp³-hybridized carbons (Fsp3) is 0.583. The zero-order valence-corrected chi connectivity index (χ0v) is 12.9. The SMILES string of the molecule is CCCCN(CCNC(=O)c1cccs1)S(C)(=O)=O. The van der Waals surface area contributed by atoms with Gasteiger partial charge < -0.3 is 5.32 Å². The van der Waals surface area contributed by atoms with Crippen LogP contribution in [0.3, 0.4) is 0 Å². The zero-order valence-electron chi connectivity index (χ0n) is 11.3. The lowest BCUT2D eigenvalue weighted by atomic mass is 10.3. The summed E-state index contributed by atoms with van der Waals surface area (Å²) in [4.78, 5) is 12.3. The highest BCUT2D eigenvalue weighted by Crippen LogP contribution is 2.07. The van der Waals surface area contributed by atoms with Gasteiger partial charge >= 0.3 is 0 Å². The van der Waals surface area contributed by atoms with Crippen LogP contribution in [0.2, 0.25) is 0 Å². The minimum Gasteiger partial charge on any atom is -0.350 e. The van der Waals surface area contributed by atoms with Crippen molar-refractivity contribution in [2.24, 2.45) is 0 Å². The molecule has 0 aliphatic rings. The van der Waals surface area contributed by atoms with Crippen molar-refractivity contribution in [2.45, 2.75) is 19.8 Å². The molecule has 1 heterocycles. The van der Waals surface area contributed by atoms with E-state index in [0.29, 0.717) is 24.5 Å². The Bertz CT molecular complexity index is 483. The van der Waals surface area contributed by atoms with E-state index in [9.17, 15) is 13.2 Å². The van der Waals surface area contributed by atoms with E-state index in [2.05, 4.69) is 5.32 Å². The number of amides is 1. The van der Waals surface area contributed by atoms with E-state index in [-0.39, 0.29) is 5.91 Å². The van der Waals surface area contributed by atoms with Gasteiger partial charge in [-0.2, -0.15) is 0 Å². The Morgan fingerprint density at radius 3 is 2.68 bits per heavy atom. The summed E-state index contributed by atoms with van der Waals surface area (Å²) in [6.45, 7) is 3.16. The first-order valence-corrected chi connectivity index (χ1v) is 8.94. The number of nitrogens with zero attached hydrogens (tertiary/aromatic N) is 1. The third-order valence-corrected chi connectivity index (χ3v) is 4.79. The number of hydrogen-bond acceptors (Lipinski definition) is 4. The molecule has 0 fully saturated rings. The van der Waals surface area contributed by atoms with Crippen molar-refractivity contribution in [1.82, 2.24) is 9.62 Å². The minimum absolute atomic E-state index is 0.154. The average molecular weight is 304 g/mol. The van der Waals surface area contributed by atoms with Gasteiger partial charge in [0.2, 0.25) is 10.0 Å². The molecule has 0 saturated heterocycles. The van der Waals surface area contributed by atoms with Crippen LogP contribution in [0.15, 0.2) is 17.5 Å². The third kappa shape index (κ3) is 5.71. The lowest BCUT2D eigenvalue weighted by molar-refractivity contribution is 0.0955. The molecule has 5 nitrogen and oxygen atoms in total. The number of unbranched alkanes of at least 4 members (excludes halogenated alkanes) is 1. The van der Waals surface area contributed by atoms with Crippen molar-refractivity contribution in [2.75, 3.05) is 25.9 Å². The second-order valence-corrected chi connectivity index (χ2v) is 7.18. The van der Waals surface area contributed by atoms with E-state index in [1.54, 1.807) is 6.07 Å². The molecule has 108 valence electrons. The molecule has 0 aromatic carbocycles. The number of thiophene rings is 1. The van der Waals surface area contributed by atoms with Gasteiger partial charge in [-0.3, -0.25) is 4.79 Å². The molecule has 0 aliphatic carbocycles. The summed E-state index contributed by atoms with van der Waals surface area (Å²) in [6, 6.07) is 3.55. The van der Waals surface area contributed by atoms with Crippen LogP contribution in [0, 0.1) is 0 Å². The molecule has 1 aromatic heterocycles. The Kier molecular flexibility index (Phi) is 6.47. The van der Waals surface area contributed by atoms with Crippen molar-refractivity contribution in [1.29, 1.82) is 0 Å². The van der Waals surface area contributed by atoms with E-state index in [1.807, 2.05) is 18.4 Å².